The third-order valence-corrected chi connectivity index (χ3v) is 2.17. The minimum Gasteiger partial charge on any atom is -0.475 e. The van der Waals surface area contributed by atoms with Crippen molar-refractivity contribution in [1.29, 1.82) is 0 Å². The minimum absolute atomic E-state index is 0.301. The molecule has 0 bridgehead atoms. The monoisotopic (exact) mass is 205 g/mol. The molecule has 1 aliphatic rings. The van der Waals surface area contributed by atoms with Gasteiger partial charge in [-0.15, -0.1) is 0 Å². The summed E-state index contributed by atoms with van der Waals surface area (Å²) >= 11 is 0. The summed E-state index contributed by atoms with van der Waals surface area (Å²) in [4.78, 5) is 4.41. The smallest absolute Gasteiger partial charge is 0.216 e. The van der Waals surface area contributed by atoms with Crippen LogP contribution in [0, 0.1) is 6.92 Å². The van der Waals surface area contributed by atoms with E-state index in [9.17, 15) is 0 Å². The number of nitrogens with zero attached hydrogens (tertiary/aromatic N) is 1. The highest BCUT2D eigenvalue weighted by molar-refractivity contribution is 5.96. The first-order valence-corrected chi connectivity index (χ1v) is 5.54. The summed E-state index contributed by atoms with van der Waals surface area (Å²) in [6.07, 6.45) is 0. The van der Waals surface area contributed by atoms with E-state index in [1.165, 1.54) is 5.56 Å². The van der Waals surface area contributed by atoms with Gasteiger partial charge in [0.05, 0.1) is 6.04 Å². The Labute approximate surface area is 92.0 Å². The molecule has 0 aromatic heterocycles. The van der Waals surface area contributed by atoms with Crippen molar-refractivity contribution in [2.24, 2.45) is 4.99 Å². The molecular weight excluding hydrogens is 186 g/mol. The molecule has 0 fully saturated rings. The molecule has 0 saturated carbocycles. The van der Waals surface area contributed by atoms with Crippen LogP contribution < -0.4 is 0 Å². The summed E-state index contributed by atoms with van der Waals surface area (Å²) in [6, 6.07) is 8.46. The zero-order valence-corrected chi connectivity index (χ0v) is 9.95. The maximum absolute atomic E-state index is 5.48. The summed E-state index contributed by atoms with van der Waals surface area (Å²) in [6.45, 7) is 8.85. The molecule has 0 aliphatic carbocycles. The number of hydrogen-bond acceptors (Lipinski definition) is 2. The van der Waals surface area contributed by atoms with E-state index in [-0.39, 0.29) is 0 Å². The van der Waals surface area contributed by atoms with Gasteiger partial charge in [0.25, 0.3) is 0 Å². The number of hydrogen-bond donors (Lipinski definition) is 0. The van der Waals surface area contributed by atoms with Crippen molar-refractivity contribution in [2.45, 2.75) is 33.7 Å². The number of benzene rings is 1. The Morgan fingerprint density at radius 3 is 2.47 bits per heavy atom. The van der Waals surface area contributed by atoms with Crippen molar-refractivity contribution in [3.8, 4) is 0 Å². The van der Waals surface area contributed by atoms with Crippen molar-refractivity contribution in [3.63, 3.8) is 0 Å². The van der Waals surface area contributed by atoms with E-state index in [4.69, 9.17) is 4.74 Å². The van der Waals surface area contributed by atoms with Gasteiger partial charge in [-0.25, -0.2) is 4.99 Å². The average molecular weight is 205 g/mol. The molecule has 0 N–H and O–H groups in total. The van der Waals surface area contributed by atoms with Gasteiger partial charge in [-0.3, -0.25) is 0 Å². The van der Waals surface area contributed by atoms with E-state index in [0.29, 0.717) is 12.6 Å². The van der Waals surface area contributed by atoms with Crippen LogP contribution in [0.25, 0.3) is 0 Å². The van der Waals surface area contributed by atoms with Crippen LogP contribution in [-0.2, 0) is 4.74 Å². The number of rotatable bonds is 1. The molecule has 1 heterocycles. The second-order valence-corrected chi connectivity index (χ2v) is 3.41. The second-order valence-electron chi connectivity index (χ2n) is 3.41. The van der Waals surface area contributed by atoms with Crippen LogP contribution in [-0.4, -0.2) is 18.5 Å². The lowest BCUT2D eigenvalue weighted by Gasteiger charge is -2.03. The van der Waals surface area contributed by atoms with Crippen molar-refractivity contribution in [3.05, 3.63) is 35.4 Å². The van der Waals surface area contributed by atoms with E-state index in [1.807, 2.05) is 32.0 Å². The van der Waals surface area contributed by atoms with Gasteiger partial charge in [0.15, 0.2) is 0 Å². The maximum atomic E-state index is 5.48. The second kappa shape index (κ2) is 5.54. The lowest BCUT2D eigenvalue weighted by Crippen LogP contribution is -2.03. The van der Waals surface area contributed by atoms with Gasteiger partial charge in [-0.05, 0) is 25.5 Å². The van der Waals surface area contributed by atoms with Crippen LogP contribution in [0.1, 0.15) is 31.9 Å². The van der Waals surface area contributed by atoms with E-state index in [0.717, 1.165) is 11.5 Å². The fourth-order valence-corrected chi connectivity index (χ4v) is 1.43. The molecule has 0 amide bonds. The Hall–Kier alpha value is -1.31. The molecule has 15 heavy (non-hydrogen) atoms. The molecule has 1 aliphatic heterocycles. The third kappa shape index (κ3) is 2.82. The molecule has 2 heteroatoms. The zero-order valence-electron chi connectivity index (χ0n) is 9.95. The lowest BCUT2D eigenvalue weighted by atomic mass is 10.1. The molecule has 1 aromatic rings. The highest BCUT2D eigenvalue weighted by Gasteiger charge is 2.16. The first-order valence-electron chi connectivity index (χ1n) is 5.54. The molecule has 0 radical (unpaired) electrons. The Morgan fingerprint density at radius 2 is 1.93 bits per heavy atom. The van der Waals surface area contributed by atoms with Crippen LogP contribution >= 0.6 is 0 Å². The van der Waals surface area contributed by atoms with Crippen LogP contribution in [0.3, 0.4) is 0 Å². The van der Waals surface area contributed by atoms with Gasteiger partial charge in [-0.2, -0.15) is 0 Å². The van der Waals surface area contributed by atoms with Gasteiger partial charge >= 0.3 is 0 Å². The quantitative estimate of drug-likeness (QED) is 0.690. The van der Waals surface area contributed by atoms with Gasteiger partial charge in [-0.1, -0.05) is 32.0 Å². The van der Waals surface area contributed by atoms with Crippen LogP contribution in [0.2, 0.25) is 0 Å². The van der Waals surface area contributed by atoms with E-state index in [2.05, 4.69) is 24.9 Å². The van der Waals surface area contributed by atoms with Crippen molar-refractivity contribution in [2.75, 3.05) is 6.61 Å². The van der Waals surface area contributed by atoms with Crippen LogP contribution in [0.5, 0.6) is 0 Å². The van der Waals surface area contributed by atoms with Crippen LogP contribution in [0.4, 0.5) is 0 Å². The Kier molecular flexibility index (Phi) is 4.35. The van der Waals surface area contributed by atoms with E-state index < -0.39 is 0 Å². The lowest BCUT2D eigenvalue weighted by molar-refractivity contribution is 0.324. The SMILES string of the molecule is CC.Cc1ccccc1C1=N[C@@H](C)CO1. The standard InChI is InChI=1S/C11H13NO.C2H6/c1-8-5-3-4-6-10(8)11-12-9(2)7-13-11;1-2/h3-6,9H,7H2,1-2H3;1-2H3/t9-;/m0./s1. The molecule has 2 nitrogen and oxygen atoms in total. The summed E-state index contributed by atoms with van der Waals surface area (Å²) in [5, 5.41) is 0. The fraction of sp³-hybridized carbons (Fsp3) is 0.462. The van der Waals surface area contributed by atoms with Crippen LogP contribution in [0.15, 0.2) is 29.3 Å². The summed E-state index contributed by atoms with van der Waals surface area (Å²) in [5.74, 6) is 0.797. The highest BCUT2D eigenvalue weighted by Crippen LogP contribution is 2.14. The maximum Gasteiger partial charge on any atom is 0.216 e. The predicted molar refractivity (Wildman–Crippen MR) is 64.5 cm³/mol. The summed E-state index contributed by atoms with van der Waals surface area (Å²) < 4.78 is 5.48. The normalized spacial score (nSPS) is 18.7. The molecular formula is C13H19NO. The molecule has 2 rings (SSSR count). The Balaban J connectivity index is 0.000000531. The topological polar surface area (TPSA) is 21.6 Å². The predicted octanol–water partition coefficient (Wildman–Crippen LogP) is 3.19. The molecule has 1 aromatic carbocycles. The molecule has 0 unspecified atom stereocenters. The average Bonchev–Trinajstić information content (AvgIpc) is 2.68. The van der Waals surface area contributed by atoms with Crippen molar-refractivity contribution < 1.29 is 4.74 Å². The van der Waals surface area contributed by atoms with E-state index in [1.54, 1.807) is 0 Å². The molecule has 1 atom stereocenters. The third-order valence-electron chi connectivity index (χ3n) is 2.17. The van der Waals surface area contributed by atoms with Gasteiger partial charge in [0, 0.05) is 5.56 Å². The first kappa shape index (κ1) is 11.8. The van der Waals surface area contributed by atoms with Crippen molar-refractivity contribution >= 4 is 5.90 Å². The molecule has 0 saturated heterocycles. The van der Waals surface area contributed by atoms with Gasteiger partial charge in [0.1, 0.15) is 6.61 Å². The van der Waals surface area contributed by atoms with Gasteiger partial charge in [0.2, 0.25) is 5.90 Å². The number of aliphatic imine (C=N–C) groups is 1. The first-order chi connectivity index (χ1) is 7.27. The van der Waals surface area contributed by atoms with E-state index >= 15 is 0 Å². The van der Waals surface area contributed by atoms with Gasteiger partial charge < -0.3 is 4.74 Å². The number of ether oxygens (including phenoxy) is 1. The molecule has 0 spiro atoms. The zero-order chi connectivity index (χ0) is 11.3. The summed E-state index contributed by atoms with van der Waals surface area (Å²) in [5.41, 5.74) is 2.34. The highest BCUT2D eigenvalue weighted by atomic mass is 16.5. The fourth-order valence-electron chi connectivity index (χ4n) is 1.43. The Morgan fingerprint density at radius 1 is 1.27 bits per heavy atom. The minimum atomic E-state index is 0.301. The Bertz CT molecular complexity index is 344. The summed E-state index contributed by atoms with van der Waals surface area (Å²) in [7, 11) is 0. The number of aryl methyl sites for hydroxylation is 1. The molecule has 82 valence electrons. The largest absolute Gasteiger partial charge is 0.475 e. The van der Waals surface area contributed by atoms with Crippen molar-refractivity contribution in [1.82, 2.24) is 0 Å².